The van der Waals surface area contributed by atoms with Crippen LogP contribution in [0.4, 0.5) is 0 Å². The predicted molar refractivity (Wildman–Crippen MR) is 70.1 cm³/mol. The van der Waals surface area contributed by atoms with Crippen molar-refractivity contribution >= 4 is 5.91 Å². The Hall–Kier alpha value is -0.650. The van der Waals surface area contributed by atoms with Crippen LogP contribution in [0.3, 0.4) is 0 Å². The number of aliphatic hydroxyl groups is 1. The Balaban J connectivity index is 2.17. The Labute approximate surface area is 109 Å². The molecule has 0 aliphatic carbocycles. The second kappa shape index (κ2) is 7.71. The van der Waals surface area contributed by atoms with Crippen LogP contribution in [0, 0.1) is 5.92 Å². The van der Waals surface area contributed by atoms with Gasteiger partial charge in [-0.2, -0.15) is 0 Å². The second-order valence-electron chi connectivity index (χ2n) is 5.19. The van der Waals surface area contributed by atoms with Crippen molar-refractivity contribution in [3.05, 3.63) is 0 Å². The SMILES string of the molecule is CCC(CCN)CCC(=O)NCC1(O)CCOC1. The molecule has 1 heterocycles. The average molecular weight is 258 g/mol. The third-order valence-corrected chi connectivity index (χ3v) is 3.63. The third kappa shape index (κ3) is 5.33. The van der Waals surface area contributed by atoms with Gasteiger partial charge >= 0.3 is 0 Å². The number of hydrogen-bond donors (Lipinski definition) is 3. The van der Waals surface area contributed by atoms with E-state index < -0.39 is 5.60 Å². The molecule has 5 heteroatoms. The number of nitrogens with one attached hydrogen (secondary N) is 1. The first-order valence-electron chi connectivity index (χ1n) is 6.86. The zero-order chi connectivity index (χ0) is 13.4. The van der Waals surface area contributed by atoms with Crippen molar-refractivity contribution in [2.24, 2.45) is 11.7 Å². The van der Waals surface area contributed by atoms with Gasteiger partial charge in [0.1, 0.15) is 5.60 Å². The molecule has 1 fully saturated rings. The molecule has 1 amide bonds. The Morgan fingerprint density at radius 1 is 1.56 bits per heavy atom. The molecule has 0 aromatic carbocycles. The average Bonchev–Trinajstić information content (AvgIpc) is 2.79. The molecule has 0 bridgehead atoms. The standard InChI is InChI=1S/C13H26N2O3/c1-2-11(5-7-14)3-4-12(16)15-9-13(17)6-8-18-10-13/h11,17H,2-10,14H2,1H3,(H,15,16). The zero-order valence-electron chi connectivity index (χ0n) is 11.3. The Kier molecular flexibility index (Phi) is 6.60. The molecule has 5 nitrogen and oxygen atoms in total. The summed E-state index contributed by atoms with van der Waals surface area (Å²) in [5.74, 6) is 0.532. The molecule has 2 unspecified atom stereocenters. The van der Waals surface area contributed by atoms with Crippen LogP contribution < -0.4 is 11.1 Å². The van der Waals surface area contributed by atoms with Crippen molar-refractivity contribution in [2.45, 2.75) is 44.6 Å². The third-order valence-electron chi connectivity index (χ3n) is 3.63. The second-order valence-corrected chi connectivity index (χ2v) is 5.19. The summed E-state index contributed by atoms with van der Waals surface area (Å²) in [5, 5.41) is 12.8. The van der Waals surface area contributed by atoms with Crippen molar-refractivity contribution in [2.75, 3.05) is 26.3 Å². The molecule has 106 valence electrons. The van der Waals surface area contributed by atoms with Gasteiger partial charge in [0.2, 0.25) is 5.91 Å². The highest BCUT2D eigenvalue weighted by Gasteiger charge is 2.32. The minimum atomic E-state index is -0.864. The lowest BCUT2D eigenvalue weighted by molar-refractivity contribution is -0.122. The van der Waals surface area contributed by atoms with E-state index in [1.54, 1.807) is 0 Å². The Bertz CT molecular complexity index is 253. The van der Waals surface area contributed by atoms with Gasteiger partial charge < -0.3 is 20.9 Å². The first-order chi connectivity index (χ1) is 8.59. The molecule has 2 atom stereocenters. The Morgan fingerprint density at radius 2 is 2.33 bits per heavy atom. The maximum absolute atomic E-state index is 11.7. The lowest BCUT2D eigenvalue weighted by Gasteiger charge is -2.21. The summed E-state index contributed by atoms with van der Waals surface area (Å²) in [4.78, 5) is 11.7. The van der Waals surface area contributed by atoms with Crippen molar-refractivity contribution in [1.82, 2.24) is 5.32 Å². The molecule has 0 aromatic rings. The Morgan fingerprint density at radius 3 is 2.89 bits per heavy atom. The largest absolute Gasteiger partial charge is 0.386 e. The fourth-order valence-corrected chi connectivity index (χ4v) is 2.21. The normalized spacial score (nSPS) is 25.1. The van der Waals surface area contributed by atoms with Gasteiger partial charge in [-0.1, -0.05) is 13.3 Å². The van der Waals surface area contributed by atoms with Gasteiger partial charge in [-0.25, -0.2) is 0 Å². The lowest BCUT2D eigenvalue weighted by Crippen LogP contribution is -2.43. The van der Waals surface area contributed by atoms with Crippen molar-refractivity contribution in [3.8, 4) is 0 Å². The van der Waals surface area contributed by atoms with Crippen molar-refractivity contribution in [1.29, 1.82) is 0 Å². The van der Waals surface area contributed by atoms with E-state index in [1.807, 2.05) is 0 Å². The van der Waals surface area contributed by atoms with Crippen LogP contribution in [0.1, 0.15) is 39.0 Å². The minimum Gasteiger partial charge on any atom is -0.386 e. The molecule has 0 aromatic heterocycles. The van der Waals surface area contributed by atoms with Crippen LogP contribution in [0.25, 0.3) is 0 Å². The van der Waals surface area contributed by atoms with Crippen LogP contribution in [-0.4, -0.2) is 42.9 Å². The van der Waals surface area contributed by atoms with Crippen LogP contribution in [0.15, 0.2) is 0 Å². The zero-order valence-corrected chi connectivity index (χ0v) is 11.3. The number of hydrogen-bond acceptors (Lipinski definition) is 4. The monoisotopic (exact) mass is 258 g/mol. The molecular formula is C13H26N2O3. The number of ether oxygens (including phenoxy) is 1. The van der Waals surface area contributed by atoms with E-state index in [1.165, 1.54) is 0 Å². The van der Waals surface area contributed by atoms with Crippen molar-refractivity contribution < 1.29 is 14.6 Å². The van der Waals surface area contributed by atoms with E-state index in [-0.39, 0.29) is 5.91 Å². The fraction of sp³-hybridized carbons (Fsp3) is 0.923. The highest BCUT2D eigenvalue weighted by Crippen LogP contribution is 2.17. The quantitative estimate of drug-likeness (QED) is 0.589. The topological polar surface area (TPSA) is 84.6 Å². The van der Waals surface area contributed by atoms with E-state index >= 15 is 0 Å². The maximum atomic E-state index is 11.7. The molecule has 0 saturated carbocycles. The molecular weight excluding hydrogens is 232 g/mol. The molecule has 4 N–H and O–H groups in total. The summed E-state index contributed by atoms with van der Waals surface area (Å²) in [5.41, 5.74) is 4.66. The number of rotatable bonds is 8. The van der Waals surface area contributed by atoms with Gasteiger partial charge in [0.05, 0.1) is 6.61 Å². The first kappa shape index (κ1) is 15.4. The van der Waals surface area contributed by atoms with Crippen molar-refractivity contribution in [3.63, 3.8) is 0 Å². The predicted octanol–water partition coefficient (Wildman–Crippen LogP) is 0.409. The highest BCUT2D eigenvalue weighted by molar-refractivity contribution is 5.75. The summed E-state index contributed by atoms with van der Waals surface area (Å²) in [6, 6.07) is 0. The van der Waals surface area contributed by atoms with Gasteiger partial charge in [-0.05, 0) is 25.3 Å². The van der Waals surface area contributed by atoms with Crippen LogP contribution >= 0.6 is 0 Å². The van der Waals surface area contributed by atoms with E-state index in [4.69, 9.17) is 10.5 Å². The summed E-state index contributed by atoms with van der Waals surface area (Å²) < 4.78 is 5.12. The molecule has 1 aliphatic heterocycles. The molecule has 0 radical (unpaired) electrons. The molecule has 1 aliphatic rings. The van der Waals surface area contributed by atoms with Gasteiger partial charge in [-0.3, -0.25) is 4.79 Å². The summed E-state index contributed by atoms with van der Waals surface area (Å²) in [7, 11) is 0. The molecule has 0 spiro atoms. The maximum Gasteiger partial charge on any atom is 0.220 e. The van der Waals surface area contributed by atoms with E-state index in [0.29, 0.717) is 45.1 Å². The summed E-state index contributed by atoms with van der Waals surface area (Å²) >= 11 is 0. The summed E-state index contributed by atoms with van der Waals surface area (Å²) in [6.45, 7) is 3.98. The van der Waals surface area contributed by atoms with E-state index in [2.05, 4.69) is 12.2 Å². The van der Waals surface area contributed by atoms with Gasteiger partial charge in [0, 0.05) is 26.0 Å². The smallest absolute Gasteiger partial charge is 0.220 e. The highest BCUT2D eigenvalue weighted by atomic mass is 16.5. The first-order valence-corrected chi connectivity index (χ1v) is 6.86. The van der Waals surface area contributed by atoms with Crippen LogP contribution in [0.2, 0.25) is 0 Å². The van der Waals surface area contributed by atoms with Gasteiger partial charge in [0.25, 0.3) is 0 Å². The van der Waals surface area contributed by atoms with Gasteiger partial charge in [0.15, 0.2) is 0 Å². The van der Waals surface area contributed by atoms with E-state index in [9.17, 15) is 9.90 Å². The lowest BCUT2D eigenvalue weighted by atomic mass is 9.96. The number of carbonyl (C=O) groups is 1. The van der Waals surface area contributed by atoms with Crippen LogP contribution in [-0.2, 0) is 9.53 Å². The summed E-state index contributed by atoms with van der Waals surface area (Å²) in [6.07, 6.45) is 4.01. The molecule has 18 heavy (non-hydrogen) atoms. The van der Waals surface area contributed by atoms with Gasteiger partial charge in [-0.15, -0.1) is 0 Å². The van der Waals surface area contributed by atoms with Crippen LogP contribution in [0.5, 0.6) is 0 Å². The van der Waals surface area contributed by atoms with E-state index in [0.717, 1.165) is 19.3 Å². The number of amides is 1. The molecule has 1 rings (SSSR count). The molecule has 1 saturated heterocycles. The minimum absolute atomic E-state index is 0.00537. The number of carbonyl (C=O) groups excluding carboxylic acids is 1. The number of nitrogens with two attached hydrogens (primary N) is 1. The fourth-order valence-electron chi connectivity index (χ4n) is 2.21.